The number of fused-ring (bicyclic) bond motifs is 2. The van der Waals surface area contributed by atoms with Crippen molar-refractivity contribution in [1.29, 1.82) is 0 Å². The van der Waals surface area contributed by atoms with Crippen LogP contribution in [0.5, 0.6) is 34.8 Å². The third-order valence-electron chi connectivity index (χ3n) is 14.4. The second-order valence-corrected chi connectivity index (χ2v) is 20.8. The predicted octanol–water partition coefficient (Wildman–Crippen LogP) is 9.64. The molecule has 2 atom stereocenters. The molecular weight excluding hydrogens is 1160 g/mol. The number of alkyl halides is 7. The van der Waals surface area contributed by atoms with Crippen LogP contribution in [0.25, 0.3) is 0 Å². The number of hydrogen-bond acceptors (Lipinski definition) is 16. The summed E-state index contributed by atoms with van der Waals surface area (Å²) < 4.78 is 134. The van der Waals surface area contributed by atoms with E-state index in [0.717, 1.165) is 38.1 Å². The van der Waals surface area contributed by atoms with Gasteiger partial charge in [0.25, 0.3) is 23.6 Å². The Labute approximate surface area is 485 Å². The summed E-state index contributed by atoms with van der Waals surface area (Å²) >= 11 is 6.45. The molecule has 0 unspecified atom stereocenters. The van der Waals surface area contributed by atoms with E-state index in [-0.39, 0.29) is 93.0 Å². The van der Waals surface area contributed by atoms with Crippen molar-refractivity contribution in [2.45, 2.75) is 63.0 Å². The maximum Gasteiger partial charge on any atom is 0.423 e. The summed E-state index contributed by atoms with van der Waals surface area (Å²) in [6.07, 6.45) is -8.05. The number of nitrogens with zero attached hydrogens (tertiary/aromatic N) is 8. The largest absolute Gasteiger partial charge is 0.495 e. The highest BCUT2D eigenvalue weighted by Crippen LogP contribution is 2.43. The molecule has 10 rings (SSSR count). The van der Waals surface area contributed by atoms with E-state index in [1.807, 2.05) is 7.05 Å². The predicted molar refractivity (Wildman–Crippen MR) is 292 cm³/mol. The summed E-state index contributed by atoms with van der Waals surface area (Å²) in [7, 11) is 9.52. The van der Waals surface area contributed by atoms with Gasteiger partial charge in [-0.2, -0.15) is 36.3 Å². The van der Waals surface area contributed by atoms with Crippen LogP contribution in [0.4, 0.5) is 58.4 Å². The second kappa shape index (κ2) is 24.9. The lowest BCUT2D eigenvalue weighted by Crippen LogP contribution is -2.51. The Kier molecular flexibility index (Phi) is 17.9. The first-order chi connectivity index (χ1) is 40.3. The minimum absolute atomic E-state index is 0.00840. The molecule has 2 aromatic heterocycles. The van der Waals surface area contributed by atoms with Crippen molar-refractivity contribution < 1.29 is 73.2 Å². The number of ether oxygens (including phenoxy) is 4. The molecule has 0 aliphatic carbocycles. The number of halogens is 9. The Morgan fingerprint density at radius 3 is 1.59 bits per heavy atom. The Hall–Kier alpha value is -8.63. The summed E-state index contributed by atoms with van der Waals surface area (Å²) in [5.74, 6) is -5.44. The topological polar surface area (TPSA) is 218 Å². The monoisotopic (exact) mass is 1210 g/mol. The van der Waals surface area contributed by atoms with Gasteiger partial charge < -0.3 is 59.8 Å². The average molecular weight is 1210 g/mol. The van der Waals surface area contributed by atoms with Crippen LogP contribution in [0.1, 0.15) is 82.9 Å². The molecule has 85 heavy (non-hydrogen) atoms. The number of piperidine rings is 2. The van der Waals surface area contributed by atoms with Gasteiger partial charge in [-0.05, 0) is 87.9 Å². The highest BCUT2D eigenvalue weighted by atomic mass is 35.5. The summed E-state index contributed by atoms with van der Waals surface area (Å²) in [5.41, 5.74) is -1.18. The van der Waals surface area contributed by atoms with Gasteiger partial charge in [-0.25, -0.2) is 18.7 Å². The standard InChI is InChI=1S/C28H28ClF3N6O4.C28H27F5N6O4/c1-37-9-7-16(8-10-37)34-24(39)17-11-22(41-3)20(12-19(17)29)35-27-33-13-18(28(30,31)32)25(36-27)42-21-6-4-5-15-14-38(2)26(40)23(15)21;1-38-8-7-19(18(30)13-38)35-24(40)15-9-22(42-3)20(10-17(15)29)36-27-34-11-16(28(31,32)33)25(37-27)43-21-6-4-5-14-12-39(2)26(41)23(14)21/h4-6,11-13,16H,7-10,14H2,1-3H3,(H,34,39)(H,33,35,36);4-6,9-11,18-19H,7-8,12-13H2,1-3H3,(H,35,40)(H,34,36,37)/t;18-,19+/m.1/s1. The molecule has 6 heterocycles. The Morgan fingerprint density at radius 2 is 1.11 bits per heavy atom. The molecule has 0 spiro atoms. The summed E-state index contributed by atoms with van der Waals surface area (Å²) in [5, 5.41) is 11.0. The fraction of sp³-hybridized carbons (Fsp3) is 0.357. The molecule has 29 heteroatoms. The van der Waals surface area contributed by atoms with E-state index in [0.29, 0.717) is 43.0 Å². The quantitative estimate of drug-likeness (QED) is 0.0746. The van der Waals surface area contributed by atoms with Gasteiger partial charge in [0.1, 0.15) is 46.1 Å². The maximum absolute atomic E-state index is 15.1. The molecule has 4 amide bonds. The van der Waals surface area contributed by atoms with Crippen molar-refractivity contribution in [3.8, 4) is 34.8 Å². The van der Waals surface area contributed by atoms with E-state index in [4.69, 9.17) is 30.5 Å². The second-order valence-electron chi connectivity index (χ2n) is 20.4. The van der Waals surface area contributed by atoms with Crippen LogP contribution >= 0.6 is 11.6 Å². The highest BCUT2D eigenvalue weighted by molar-refractivity contribution is 6.34. The fourth-order valence-corrected chi connectivity index (χ4v) is 10.1. The number of likely N-dealkylation sites (tertiary alicyclic amines) is 2. The van der Waals surface area contributed by atoms with Crippen LogP contribution in [0.3, 0.4) is 0 Å². The first kappa shape index (κ1) is 60.9. The molecule has 0 radical (unpaired) electrons. The van der Waals surface area contributed by atoms with Crippen molar-refractivity contribution in [3.63, 3.8) is 0 Å². The van der Waals surface area contributed by atoms with Gasteiger partial charge in [0, 0.05) is 64.8 Å². The lowest BCUT2D eigenvalue weighted by atomic mass is 10.0. The van der Waals surface area contributed by atoms with Gasteiger partial charge in [0.05, 0.1) is 58.9 Å². The Balaban J connectivity index is 0.000000204. The minimum Gasteiger partial charge on any atom is -0.495 e. The number of aromatic nitrogens is 4. The smallest absolute Gasteiger partial charge is 0.423 e. The zero-order valence-electron chi connectivity index (χ0n) is 46.3. The molecule has 2 fully saturated rings. The van der Waals surface area contributed by atoms with Crippen LogP contribution in [-0.2, 0) is 25.4 Å². The molecule has 4 aliphatic rings. The zero-order valence-corrected chi connectivity index (χ0v) is 47.0. The fourth-order valence-electron chi connectivity index (χ4n) is 9.82. The van der Waals surface area contributed by atoms with Crippen molar-refractivity contribution in [1.82, 2.24) is 50.2 Å². The lowest BCUT2D eigenvalue weighted by molar-refractivity contribution is -0.140. The van der Waals surface area contributed by atoms with E-state index in [9.17, 15) is 49.9 Å². The normalized spacial score (nSPS) is 17.4. The number of carbonyl (C=O) groups excluding carboxylic acids is 4. The van der Waals surface area contributed by atoms with E-state index in [2.05, 4.69) is 46.1 Å². The van der Waals surface area contributed by atoms with Gasteiger partial charge in [0.2, 0.25) is 23.7 Å². The Morgan fingerprint density at radius 1 is 0.635 bits per heavy atom. The molecule has 450 valence electrons. The molecule has 0 bridgehead atoms. The number of anilines is 4. The molecule has 4 N–H and O–H groups in total. The number of hydrogen-bond donors (Lipinski definition) is 4. The highest BCUT2D eigenvalue weighted by Gasteiger charge is 2.40. The van der Waals surface area contributed by atoms with Gasteiger partial charge in [-0.1, -0.05) is 35.9 Å². The number of carbonyl (C=O) groups is 4. The number of rotatable bonds is 14. The van der Waals surface area contributed by atoms with Gasteiger partial charge in [-0.15, -0.1) is 0 Å². The lowest BCUT2D eigenvalue weighted by Gasteiger charge is -2.32. The number of methoxy groups -OCH3 is 2. The van der Waals surface area contributed by atoms with E-state index >= 15 is 4.39 Å². The van der Waals surface area contributed by atoms with E-state index < -0.39 is 76.6 Å². The first-order valence-corrected chi connectivity index (χ1v) is 26.6. The van der Waals surface area contributed by atoms with Crippen LogP contribution in [0.2, 0.25) is 5.02 Å². The molecule has 6 aromatic rings. The zero-order chi connectivity index (χ0) is 61.2. The minimum atomic E-state index is -4.90. The van der Waals surface area contributed by atoms with Crippen LogP contribution in [-0.4, -0.2) is 150 Å². The molecule has 4 aromatic carbocycles. The van der Waals surface area contributed by atoms with Crippen LogP contribution in [0.15, 0.2) is 73.1 Å². The summed E-state index contributed by atoms with van der Waals surface area (Å²) in [6.45, 7) is 2.98. The SMILES string of the molecule is COc1cc(C(=O)NC2CCN(C)CC2)c(Cl)cc1Nc1ncc(C(F)(F)F)c(Oc2cccc3c2C(=O)N(C)C3)n1.COc1cc(C(=O)N[C@H]2CCN(C)C[C@H]2F)c(F)cc1Nc1ncc(C(F)(F)F)c(Oc2cccc3c2C(=O)N(C)C3)n1. The number of amides is 4. The molecular formula is C56H55ClF8N12O8. The van der Waals surface area contributed by atoms with Crippen LogP contribution in [0, 0.1) is 5.82 Å². The van der Waals surface area contributed by atoms with E-state index in [1.54, 1.807) is 50.3 Å². The molecule has 4 aliphatic heterocycles. The molecule has 2 saturated heterocycles. The van der Waals surface area contributed by atoms with Crippen molar-refractivity contribution in [2.75, 3.05) is 79.2 Å². The first-order valence-electron chi connectivity index (χ1n) is 26.2. The van der Waals surface area contributed by atoms with Gasteiger partial charge >= 0.3 is 12.4 Å². The van der Waals surface area contributed by atoms with Crippen molar-refractivity contribution in [2.24, 2.45) is 0 Å². The molecule has 20 nitrogen and oxygen atoms in total. The summed E-state index contributed by atoms with van der Waals surface area (Å²) in [6, 6.07) is 13.3. The van der Waals surface area contributed by atoms with Crippen molar-refractivity contribution in [3.05, 3.63) is 128 Å². The van der Waals surface area contributed by atoms with E-state index in [1.165, 1.54) is 48.3 Å². The average Bonchev–Trinajstić information content (AvgIpc) is 3.11. The maximum atomic E-state index is 15.1. The number of nitrogens with one attached hydrogen (secondary N) is 4. The number of benzene rings is 4. The van der Waals surface area contributed by atoms with Crippen LogP contribution < -0.4 is 40.2 Å². The van der Waals surface area contributed by atoms with Gasteiger partial charge in [-0.3, -0.25) is 19.2 Å². The molecule has 0 saturated carbocycles. The summed E-state index contributed by atoms with van der Waals surface area (Å²) in [4.78, 5) is 73.1. The van der Waals surface area contributed by atoms with Crippen molar-refractivity contribution >= 4 is 58.5 Å². The Bertz CT molecular complexity index is 3560. The third kappa shape index (κ3) is 13.7. The van der Waals surface area contributed by atoms with Gasteiger partial charge in [0.15, 0.2) is 0 Å². The third-order valence-corrected chi connectivity index (χ3v) is 14.7.